The number of ether oxygens (including phenoxy) is 4. The highest BCUT2D eigenvalue weighted by Crippen LogP contribution is 2.40. The highest BCUT2D eigenvalue weighted by atomic mass is 16.6. The fourth-order valence-electron chi connectivity index (χ4n) is 7.09. The number of nitrogens with zero attached hydrogens (tertiary/aromatic N) is 1. The van der Waals surface area contributed by atoms with E-state index in [0.717, 1.165) is 32.1 Å². The van der Waals surface area contributed by atoms with Crippen molar-refractivity contribution in [2.75, 3.05) is 48.0 Å². The van der Waals surface area contributed by atoms with Gasteiger partial charge in [-0.15, -0.1) is 0 Å². The van der Waals surface area contributed by atoms with Crippen molar-refractivity contribution in [3.63, 3.8) is 0 Å². The minimum Gasteiger partial charge on any atom is -0.496 e. The average Bonchev–Trinajstić information content (AvgIpc) is 3.23. The second-order valence-electron chi connectivity index (χ2n) is 16.4. The molecule has 62 heavy (non-hydrogen) atoms. The molecule has 2 aromatic carbocycles. The molecule has 0 radical (unpaired) electrons. The van der Waals surface area contributed by atoms with Crippen molar-refractivity contribution < 1.29 is 52.8 Å². The number of hydrogen-bond acceptors (Lipinski definition) is 12. The van der Waals surface area contributed by atoms with Gasteiger partial charge in [0, 0.05) is 44.1 Å². The van der Waals surface area contributed by atoms with Gasteiger partial charge in [0.2, 0.25) is 23.6 Å². The van der Waals surface area contributed by atoms with Crippen LogP contribution in [0, 0.1) is 0 Å². The van der Waals surface area contributed by atoms with Gasteiger partial charge in [0.1, 0.15) is 41.5 Å². The Morgan fingerprint density at radius 3 is 2.19 bits per heavy atom. The summed E-state index contributed by atoms with van der Waals surface area (Å²) < 4.78 is 21.8. The van der Waals surface area contributed by atoms with Crippen molar-refractivity contribution in [3.05, 3.63) is 47.5 Å². The fourth-order valence-corrected chi connectivity index (χ4v) is 7.09. The van der Waals surface area contributed by atoms with E-state index in [1.165, 1.54) is 33.3 Å². The Bertz CT molecular complexity index is 1820. The van der Waals surface area contributed by atoms with E-state index in [4.69, 9.17) is 18.9 Å². The summed E-state index contributed by atoms with van der Waals surface area (Å²) in [6.07, 6.45) is 4.44. The standard InChI is InChI=1S/C45H68N6O11/c1-9-10-11-12-13-17-37(52)46-24-22-38(53)49-33(16-14-15-23-47-44(58)62-45(2,3)4)42(56)51(5)40-30-19-21-36(60-7)32(27-30)31-25-29(18-20-35(31)59-6)26-34(43(57)61-8)50-39(54)28-48-41(40)55/h18-21,25,27,33-34,39-40,50,54H,9-17,22-24,26,28H2,1-8H3,(H,46,52)(H,47,58)(H,48,55)(H,49,53)/t33-,34-,39?,40-/m0/s1. The number of fused-ring (bicyclic) bond motifs is 5. The normalized spacial score (nSPS) is 17.0. The second-order valence-corrected chi connectivity index (χ2v) is 16.4. The quantitative estimate of drug-likeness (QED) is 0.0820. The largest absolute Gasteiger partial charge is 0.496 e. The number of aliphatic hydroxyl groups is 1. The molecular formula is C45H68N6O11. The fraction of sp³-hybridized carbons (Fsp3) is 0.600. The highest BCUT2D eigenvalue weighted by Gasteiger charge is 2.35. The van der Waals surface area contributed by atoms with Crippen LogP contribution >= 0.6 is 0 Å². The number of nitrogens with one attached hydrogen (secondary N) is 5. The minimum absolute atomic E-state index is 0.0771. The lowest BCUT2D eigenvalue weighted by Crippen LogP contribution is -2.53. The lowest BCUT2D eigenvalue weighted by atomic mass is 9.93. The summed E-state index contributed by atoms with van der Waals surface area (Å²) in [6, 6.07) is 7.00. The number of methoxy groups -OCH3 is 3. The number of β-amino-alcohol motifs (C(OH)–C–C–N with tert-alkyl or cyclic N) is 1. The van der Waals surface area contributed by atoms with Gasteiger partial charge >= 0.3 is 12.1 Å². The molecule has 17 heteroatoms. The maximum absolute atomic E-state index is 14.6. The van der Waals surface area contributed by atoms with Gasteiger partial charge in [-0.2, -0.15) is 0 Å². The van der Waals surface area contributed by atoms with E-state index >= 15 is 0 Å². The zero-order chi connectivity index (χ0) is 45.8. The van der Waals surface area contributed by atoms with E-state index in [9.17, 15) is 33.9 Å². The first-order valence-corrected chi connectivity index (χ1v) is 21.5. The zero-order valence-corrected chi connectivity index (χ0v) is 37.6. The smallest absolute Gasteiger partial charge is 0.407 e. The average molecular weight is 869 g/mol. The molecule has 0 saturated carbocycles. The summed E-state index contributed by atoms with van der Waals surface area (Å²) in [5.41, 5.74) is 1.52. The van der Waals surface area contributed by atoms with E-state index < -0.39 is 59.7 Å². The van der Waals surface area contributed by atoms with Crippen molar-refractivity contribution in [1.29, 1.82) is 0 Å². The van der Waals surface area contributed by atoms with Crippen molar-refractivity contribution >= 4 is 35.7 Å². The molecular weight excluding hydrogens is 801 g/mol. The van der Waals surface area contributed by atoms with Crippen LogP contribution in [0.2, 0.25) is 0 Å². The molecule has 0 spiro atoms. The predicted molar refractivity (Wildman–Crippen MR) is 233 cm³/mol. The number of likely N-dealkylation sites (N-methyl/N-ethyl adjacent to an activating group) is 1. The zero-order valence-electron chi connectivity index (χ0n) is 37.6. The van der Waals surface area contributed by atoms with E-state index in [0.29, 0.717) is 53.0 Å². The van der Waals surface area contributed by atoms with Crippen LogP contribution in [0.4, 0.5) is 4.79 Å². The van der Waals surface area contributed by atoms with E-state index in [1.54, 1.807) is 51.1 Å². The molecule has 1 heterocycles. The summed E-state index contributed by atoms with van der Waals surface area (Å²) in [7, 11) is 5.70. The van der Waals surface area contributed by atoms with Gasteiger partial charge in [-0.1, -0.05) is 44.7 Å². The third kappa shape index (κ3) is 16.5. The van der Waals surface area contributed by atoms with Gasteiger partial charge in [0.25, 0.3) is 0 Å². The van der Waals surface area contributed by atoms with Crippen LogP contribution in [0.25, 0.3) is 11.1 Å². The van der Waals surface area contributed by atoms with Crippen molar-refractivity contribution in [2.45, 2.75) is 128 Å². The van der Waals surface area contributed by atoms with Gasteiger partial charge in [-0.25, -0.2) is 4.79 Å². The van der Waals surface area contributed by atoms with Gasteiger partial charge < -0.3 is 50.2 Å². The Kier molecular flexibility index (Phi) is 20.9. The summed E-state index contributed by atoms with van der Waals surface area (Å²) >= 11 is 0. The van der Waals surface area contributed by atoms with Crippen molar-refractivity contribution in [3.8, 4) is 22.6 Å². The number of aliphatic hydroxyl groups excluding tert-OH is 1. The number of amides is 5. The number of esters is 1. The van der Waals surface area contributed by atoms with Crippen LogP contribution < -0.4 is 36.1 Å². The maximum Gasteiger partial charge on any atom is 0.407 e. The van der Waals surface area contributed by atoms with Crippen molar-refractivity contribution in [1.82, 2.24) is 31.5 Å². The predicted octanol–water partition coefficient (Wildman–Crippen LogP) is 4.04. The van der Waals surface area contributed by atoms with Crippen LogP contribution in [-0.4, -0.2) is 118 Å². The van der Waals surface area contributed by atoms with Crippen LogP contribution in [-0.2, 0) is 39.9 Å². The number of rotatable bonds is 20. The lowest BCUT2D eigenvalue weighted by Gasteiger charge is -2.32. The molecule has 4 bridgehead atoms. The van der Waals surface area contributed by atoms with Gasteiger partial charge in [0.05, 0.1) is 27.9 Å². The molecule has 5 amide bonds. The Hall–Kier alpha value is -5.42. The number of hydrogen-bond donors (Lipinski definition) is 6. The number of carbonyl (C=O) groups excluding carboxylic acids is 6. The first-order chi connectivity index (χ1) is 29.5. The molecule has 344 valence electrons. The van der Waals surface area contributed by atoms with E-state index in [1.807, 2.05) is 6.07 Å². The van der Waals surface area contributed by atoms with Gasteiger partial charge in [-0.3, -0.25) is 29.3 Å². The second kappa shape index (κ2) is 25.5. The summed E-state index contributed by atoms with van der Waals surface area (Å²) in [5, 5.41) is 24.8. The molecule has 1 aliphatic rings. The van der Waals surface area contributed by atoms with Crippen LogP contribution in [0.1, 0.15) is 109 Å². The topological polar surface area (TPSA) is 223 Å². The molecule has 2 aromatic rings. The summed E-state index contributed by atoms with van der Waals surface area (Å²) in [6.45, 7) is 7.39. The Labute approximate surface area is 365 Å². The van der Waals surface area contributed by atoms with Crippen LogP contribution in [0.3, 0.4) is 0 Å². The summed E-state index contributed by atoms with van der Waals surface area (Å²) in [5.74, 6) is -1.59. The molecule has 1 unspecified atom stereocenters. The molecule has 0 fully saturated rings. The lowest BCUT2D eigenvalue weighted by molar-refractivity contribution is -0.144. The van der Waals surface area contributed by atoms with Crippen LogP contribution in [0.15, 0.2) is 36.4 Å². The van der Waals surface area contributed by atoms with Crippen molar-refractivity contribution in [2.24, 2.45) is 0 Å². The Morgan fingerprint density at radius 2 is 1.53 bits per heavy atom. The van der Waals surface area contributed by atoms with Gasteiger partial charge in [0.15, 0.2) is 0 Å². The minimum atomic E-state index is -1.39. The molecule has 0 aromatic heterocycles. The molecule has 6 N–H and O–H groups in total. The molecule has 1 aliphatic heterocycles. The highest BCUT2D eigenvalue weighted by molar-refractivity contribution is 5.93. The Morgan fingerprint density at radius 1 is 0.855 bits per heavy atom. The van der Waals surface area contributed by atoms with Gasteiger partial charge in [-0.05, 0) is 88.3 Å². The molecule has 17 nitrogen and oxygen atoms in total. The molecule has 3 rings (SSSR count). The van der Waals surface area contributed by atoms with E-state index in [-0.39, 0.29) is 44.8 Å². The van der Waals surface area contributed by atoms with Crippen LogP contribution in [0.5, 0.6) is 11.5 Å². The molecule has 0 saturated heterocycles. The first-order valence-electron chi connectivity index (χ1n) is 21.5. The first kappa shape index (κ1) is 50.9. The number of carbonyl (C=O) groups is 6. The summed E-state index contributed by atoms with van der Waals surface area (Å²) in [4.78, 5) is 81.0. The number of alkyl carbamates (subject to hydrolysis) is 1. The monoisotopic (exact) mass is 868 g/mol. The maximum atomic E-state index is 14.6. The third-order valence-electron chi connectivity index (χ3n) is 10.3. The number of benzene rings is 2. The third-order valence-corrected chi connectivity index (χ3v) is 10.3. The number of unbranched alkanes of at least 4 members (excludes halogenated alkanes) is 5. The van der Waals surface area contributed by atoms with E-state index in [2.05, 4.69) is 33.5 Å². The Balaban J connectivity index is 1.95. The SMILES string of the molecule is CCCCCCCC(=O)NCCC(=O)N[C@@H](CCCCNC(=O)OC(C)(C)C)C(=O)N(C)[C@@H]1C(=O)NCC(O)N[C@H](C(=O)OC)Cc2ccc(OC)c(c2)-c2cc1ccc2OC. The molecule has 0 aliphatic carbocycles. The molecule has 4 atom stereocenters.